The first-order valence-corrected chi connectivity index (χ1v) is 8.67. The van der Waals surface area contributed by atoms with Crippen LogP contribution in [0.1, 0.15) is 28.4 Å². The van der Waals surface area contributed by atoms with Crippen LogP contribution in [0.5, 0.6) is 5.88 Å². The Morgan fingerprint density at radius 3 is 2.77 bits per heavy atom. The molecule has 1 aliphatic carbocycles. The third-order valence-corrected chi connectivity index (χ3v) is 4.85. The van der Waals surface area contributed by atoms with E-state index in [1.54, 1.807) is 41.4 Å². The highest BCUT2D eigenvalue weighted by Gasteiger charge is 2.35. The second-order valence-corrected chi connectivity index (χ2v) is 6.63. The predicted octanol–water partition coefficient (Wildman–Crippen LogP) is 4.93. The summed E-state index contributed by atoms with van der Waals surface area (Å²) in [5.41, 5.74) is 2.82. The van der Waals surface area contributed by atoms with Crippen LogP contribution in [0.25, 0.3) is 22.2 Å². The number of methoxy groups -OCH3 is 1. The Bertz CT molecular complexity index is 979. The van der Waals surface area contributed by atoms with Gasteiger partial charge in [0.15, 0.2) is 0 Å². The van der Waals surface area contributed by atoms with E-state index in [-0.39, 0.29) is 25.7 Å². The third kappa shape index (κ3) is 3.28. The highest BCUT2D eigenvalue weighted by molar-refractivity contribution is 5.92. The summed E-state index contributed by atoms with van der Waals surface area (Å²) >= 11 is 0. The molecule has 0 N–H and O–H groups in total. The topological polar surface area (TPSA) is 39.9 Å². The molecular weight excluding hydrogens is 336 g/mol. The first-order valence-electron chi connectivity index (χ1n) is 9.67. The van der Waals surface area contributed by atoms with Crippen molar-refractivity contribution in [3.63, 3.8) is 0 Å². The van der Waals surface area contributed by atoms with E-state index in [2.05, 4.69) is 9.97 Å². The molecule has 0 saturated heterocycles. The molecule has 136 valence electrons. The maximum Gasteiger partial charge on any atom is 0.248 e. The van der Waals surface area contributed by atoms with Gasteiger partial charge in [-0.1, -0.05) is 0 Å². The standard InChI is InChI=1S/C20H21F2N3O/c1-26-18-5-4-15(11-24-18)16-13-25(17-3-2-10-23-19(16)17)12-14-6-8-20(21,22)9-7-14/h2-5,10-11,13-14H,6-9,12H2,1H3/i12D2. The van der Waals surface area contributed by atoms with Gasteiger partial charge in [0, 0.05) is 55.1 Å². The van der Waals surface area contributed by atoms with E-state index >= 15 is 0 Å². The number of rotatable bonds is 4. The van der Waals surface area contributed by atoms with Crippen molar-refractivity contribution in [3.05, 3.63) is 42.9 Å². The minimum atomic E-state index is -2.69. The summed E-state index contributed by atoms with van der Waals surface area (Å²) in [5, 5.41) is 0. The van der Waals surface area contributed by atoms with E-state index in [9.17, 15) is 8.78 Å². The molecule has 26 heavy (non-hydrogen) atoms. The maximum atomic E-state index is 13.6. The number of nitrogens with zero attached hydrogens (tertiary/aromatic N) is 3. The van der Waals surface area contributed by atoms with Gasteiger partial charge in [-0.25, -0.2) is 13.8 Å². The van der Waals surface area contributed by atoms with E-state index in [0.29, 0.717) is 16.9 Å². The summed E-state index contributed by atoms with van der Waals surface area (Å²) in [6, 6.07) is 7.13. The van der Waals surface area contributed by atoms with E-state index in [0.717, 1.165) is 11.1 Å². The molecule has 0 radical (unpaired) electrons. The van der Waals surface area contributed by atoms with Crippen molar-refractivity contribution in [1.82, 2.24) is 14.5 Å². The lowest BCUT2D eigenvalue weighted by Gasteiger charge is -2.28. The minimum Gasteiger partial charge on any atom is -0.481 e. The number of hydrogen-bond acceptors (Lipinski definition) is 3. The molecule has 1 aliphatic rings. The van der Waals surface area contributed by atoms with Crippen molar-refractivity contribution in [1.29, 1.82) is 0 Å². The molecule has 3 heterocycles. The summed E-state index contributed by atoms with van der Waals surface area (Å²) in [7, 11) is 1.54. The first-order chi connectivity index (χ1) is 13.3. The van der Waals surface area contributed by atoms with Crippen LogP contribution in [-0.4, -0.2) is 27.6 Å². The van der Waals surface area contributed by atoms with Crippen molar-refractivity contribution >= 4 is 11.0 Å². The Labute approximate surface area is 153 Å². The van der Waals surface area contributed by atoms with Gasteiger partial charge in [-0.3, -0.25) is 4.98 Å². The Balaban J connectivity index is 1.77. The molecule has 0 bridgehead atoms. The number of halogens is 2. The molecule has 6 heteroatoms. The molecule has 4 rings (SSSR count). The predicted molar refractivity (Wildman–Crippen MR) is 96.4 cm³/mol. The van der Waals surface area contributed by atoms with Gasteiger partial charge < -0.3 is 9.30 Å². The van der Waals surface area contributed by atoms with Crippen molar-refractivity contribution in [2.75, 3.05) is 7.11 Å². The molecule has 4 nitrogen and oxygen atoms in total. The van der Waals surface area contributed by atoms with Gasteiger partial charge in [0.2, 0.25) is 11.8 Å². The van der Waals surface area contributed by atoms with Crippen molar-refractivity contribution in [2.24, 2.45) is 5.92 Å². The monoisotopic (exact) mass is 359 g/mol. The number of pyridine rings is 2. The van der Waals surface area contributed by atoms with E-state index in [1.165, 1.54) is 7.11 Å². The Morgan fingerprint density at radius 1 is 1.27 bits per heavy atom. The average Bonchev–Trinajstić information content (AvgIpc) is 3.08. The molecule has 0 atom stereocenters. The number of hydrogen-bond donors (Lipinski definition) is 0. The van der Waals surface area contributed by atoms with Gasteiger partial charge >= 0.3 is 0 Å². The Kier molecular flexibility index (Phi) is 3.76. The van der Waals surface area contributed by atoms with Crippen LogP contribution < -0.4 is 4.74 Å². The van der Waals surface area contributed by atoms with Crippen molar-refractivity contribution in [2.45, 2.75) is 38.1 Å². The van der Waals surface area contributed by atoms with E-state index < -0.39 is 18.3 Å². The zero-order valence-electron chi connectivity index (χ0n) is 16.5. The average molecular weight is 359 g/mol. The highest BCUT2D eigenvalue weighted by atomic mass is 19.3. The van der Waals surface area contributed by atoms with Crippen LogP contribution in [0.2, 0.25) is 0 Å². The molecule has 0 unspecified atom stereocenters. The Morgan fingerprint density at radius 2 is 2.08 bits per heavy atom. The van der Waals surface area contributed by atoms with Gasteiger partial charge in [-0.15, -0.1) is 0 Å². The normalized spacial score (nSPS) is 19.2. The molecule has 1 fully saturated rings. The molecule has 3 aromatic heterocycles. The fraction of sp³-hybridized carbons (Fsp3) is 0.400. The lowest BCUT2D eigenvalue weighted by molar-refractivity contribution is -0.0472. The number of aromatic nitrogens is 3. The van der Waals surface area contributed by atoms with Crippen molar-refractivity contribution < 1.29 is 16.3 Å². The molecular formula is C20H21F2N3O. The first kappa shape index (κ1) is 14.6. The van der Waals surface area contributed by atoms with Crippen LogP contribution >= 0.6 is 0 Å². The summed E-state index contributed by atoms with van der Waals surface area (Å²) in [4.78, 5) is 8.66. The lowest BCUT2D eigenvalue weighted by atomic mass is 9.87. The molecule has 1 saturated carbocycles. The Hall–Kier alpha value is -2.50. The highest BCUT2D eigenvalue weighted by Crippen LogP contribution is 2.38. The van der Waals surface area contributed by atoms with Gasteiger partial charge in [0.1, 0.15) is 0 Å². The molecule has 3 aromatic rings. The SMILES string of the molecule is [2H]C([2H])(C1CCC(F)(F)CC1)n1cc(-c2ccc(OC)nc2)c2ncccc21. The van der Waals surface area contributed by atoms with Crippen LogP contribution in [0.15, 0.2) is 42.9 Å². The molecule has 0 spiro atoms. The minimum absolute atomic E-state index is 0.152. The summed E-state index contributed by atoms with van der Waals surface area (Å²) in [5.74, 6) is -2.68. The maximum absolute atomic E-state index is 13.6. The number of alkyl halides is 2. The van der Waals surface area contributed by atoms with Gasteiger partial charge in [0.05, 0.1) is 20.9 Å². The molecule has 0 aliphatic heterocycles. The number of fused-ring (bicyclic) bond motifs is 1. The summed E-state index contributed by atoms with van der Waals surface area (Å²) in [6.07, 6.45) is 4.79. The van der Waals surface area contributed by atoms with Gasteiger partial charge in [-0.2, -0.15) is 0 Å². The molecule has 0 aromatic carbocycles. The fourth-order valence-electron chi connectivity index (χ4n) is 3.40. The zero-order chi connectivity index (χ0) is 19.9. The van der Waals surface area contributed by atoms with Gasteiger partial charge in [0.25, 0.3) is 0 Å². The van der Waals surface area contributed by atoms with E-state index in [1.807, 2.05) is 6.07 Å². The third-order valence-electron chi connectivity index (χ3n) is 4.85. The van der Waals surface area contributed by atoms with Crippen LogP contribution in [-0.2, 0) is 6.50 Å². The second kappa shape index (κ2) is 6.67. The van der Waals surface area contributed by atoms with Crippen molar-refractivity contribution in [3.8, 4) is 17.0 Å². The second-order valence-electron chi connectivity index (χ2n) is 6.63. The quantitative estimate of drug-likeness (QED) is 0.663. The summed E-state index contributed by atoms with van der Waals surface area (Å²) < 4.78 is 51.2. The lowest BCUT2D eigenvalue weighted by Crippen LogP contribution is -2.26. The van der Waals surface area contributed by atoms with Gasteiger partial charge in [-0.05, 0) is 37.0 Å². The number of ether oxygens (including phenoxy) is 1. The van der Waals surface area contributed by atoms with Crippen LogP contribution in [0.4, 0.5) is 8.78 Å². The largest absolute Gasteiger partial charge is 0.481 e. The zero-order valence-corrected chi connectivity index (χ0v) is 14.5. The smallest absolute Gasteiger partial charge is 0.248 e. The van der Waals surface area contributed by atoms with E-state index in [4.69, 9.17) is 7.48 Å². The van der Waals surface area contributed by atoms with Crippen LogP contribution in [0.3, 0.4) is 0 Å². The fourth-order valence-corrected chi connectivity index (χ4v) is 3.40. The van der Waals surface area contributed by atoms with Crippen LogP contribution in [0, 0.1) is 5.92 Å². The summed E-state index contributed by atoms with van der Waals surface area (Å²) in [6.45, 7) is -1.80. The molecule has 0 amide bonds.